The summed E-state index contributed by atoms with van der Waals surface area (Å²) in [6.45, 7) is 7.97. The van der Waals surface area contributed by atoms with E-state index in [9.17, 15) is 0 Å². The van der Waals surface area contributed by atoms with Gasteiger partial charge in [0, 0.05) is 65.1 Å². The molecule has 0 aliphatic carbocycles. The minimum Gasteiger partial charge on any atom is -0.364 e. The molecule has 2 aliphatic heterocycles. The van der Waals surface area contributed by atoms with Gasteiger partial charge in [-0.25, -0.2) is 0 Å². The molecule has 0 aromatic heterocycles. The summed E-state index contributed by atoms with van der Waals surface area (Å²) in [6, 6.07) is 19.5. The molecule has 0 amide bonds. The molecule has 0 saturated carbocycles. The van der Waals surface area contributed by atoms with Crippen molar-refractivity contribution in [3.05, 3.63) is 77.9 Å². The van der Waals surface area contributed by atoms with Crippen LogP contribution in [0.25, 0.3) is 0 Å². The van der Waals surface area contributed by atoms with Crippen molar-refractivity contribution in [1.29, 1.82) is 0 Å². The number of rotatable bonds is 5. The molecule has 5 nitrogen and oxygen atoms in total. The fourth-order valence-corrected chi connectivity index (χ4v) is 4.02. The van der Waals surface area contributed by atoms with E-state index in [1.54, 1.807) is 0 Å². The van der Waals surface area contributed by atoms with E-state index >= 15 is 0 Å². The molecule has 30 heavy (non-hydrogen) atoms. The minimum atomic E-state index is 0. The molecular formula is C24H32IN5. The first-order valence-electron chi connectivity index (χ1n) is 10.5. The average molecular weight is 517 g/mol. The third kappa shape index (κ3) is 5.98. The van der Waals surface area contributed by atoms with Crippen LogP contribution >= 0.6 is 24.0 Å². The van der Waals surface area contributed by atoms with Crippen LogP contribution in [-0.2, 0) is 13.1 Å². The number of nitrogens with zero attached hydrogens (tertiary/aromatic N) is 4. The summed E-state index contributed by atoms with van der Waals surface area (Å²) >= 11 is 0. The van der Waals surface area contributed by atoms with E-state index in [2.05, 4.69) is 91.8 Å². The summed E-state index contributed by atoms with van der Waals surface area (Å²) in [5.74, 6) is 0.998. The molecule has 0 spiro atoms. The lowest BCUT2D eigenvalue weighted by atomic mass is 10.2. The average Bonchev–Trinajstić information content (AvgIpc) is 3.31. The van der Waals surface area contributed by atoms with Gasteiger partial charge in [-0.3, -0.25) is 9.89 Å². The molecule has 0 bridgehead atoms. The Morgan fingerprint density at radius 3 is 2.30 bits per heavy atom. The first-order valence-corrected chi connectivity index (χ1v) is 10.5. The van der Waals surface area contributed by atoms with Gasteiger partial charge in [0.15, 0.2) is 5.96 Å². The predicted octanol–water partition coefficient (Wildman–Crippen LogP) is 3.57. The van der Waals surface area contributed by atoms with Crippen LogP contribution in [0.2, 0.25) is 0 Å². The Morgan fingerprint density at radius 2 is 1.60 bits per heavy atom. The van der Waals surface area contributed by atoms with Crippen molar-refractivity contribution in [1.82, 2.24) is 15.1 Å². The predicted molar refractivity (Wildman–Crippen MR) is 137 cm³/mol. The van der Waals surface area contributed by atoms with Gasteiger partial charge < -0.3 is 15.1 Å². The quantitative estimate of drug-likeness (QED) is 0.285. The molecule has 0 unspecified atom stereocenters. The number of benzene rings is 2. The standard InChI is InChI=1S/C24H31N5.HI/c1-25-24(26-19-22-10-7-11-23(18-22)28-12-5-6-13-28)29-16-14-27(15-17-29)20-21-8-3-2-4-9-21;/h2-11,18H,12-17,19-20H2,1H3,(H,25,26);1H. The van der Waals surface area contributed by atoms with Crippen LogP contribution < -0.4 is 10.2 Å². The Labute approximate surface area is 197 Å². The lowest BCUT2D eigenvalue weighted by Gasteiger charge is -2.36. The SMILES string of the molecule is CN=C(NCc1cccc(N2CC=CC2)c1)N1CCN(Cc2ccccc2)CC1.I. The van der Waals surface area contributed by atoms with Gasteiger partial charge in [0.2, 0.25) is 0 Å². The summed E-state index contributed by atoms with van der Waals surface area (Å²) in [7, 11) is 1.88. The third-order valence-corrected chi connectivity index (χ3v) is 5.68. The molecule has 6 heteroatoms. The van der Waals surface area contributed by atoms with Gasteiger partial charge in [0.25, 0.3) is 0 Å². The second-order valence-electron chi connectivity index (χ2n) is 7.70. The molecule has 2 aliphatic rings. The summed E-state index contributed by atoms with van der Waals surface area (Å²) in [4.78, 5) is 11.8. The lowest BCUT2D eigenvalue weighted by Crippen LogP contribution is -2.52. The van der Waals surface area contributed by atoms with Gasteiger partial charge >= 0.3 is 0 Å². The molecule has 160 valence electrons. The number of piperazine rings is 1. The first-order chi connectivity index (χ1) is 14.3. The summed E-state index contributed by atoms with van der Waals surface area (Å²) in [5.41, 5.74) is 3.97. The van der Waals surface area contributed by atoms with Crippen molar-refractivity contribution in [3.8, 4) is 0 Å². The van der Waals surface area contributed by atoms with Gasteiger partial charge in [-0.1, -0.05) is 54.6 Å². The number of nitrogens with one attached hydrogen (secondary N) is 1. The largest absolute Gasteiger partial charge is 0.364 e. The summed E-state index contributed by atoms with van der Waals surface area (Å²) in [5, 5.41) is 3.56. The van der Waals surface area contributed by atoms with Gasteiger partial charge in [0.05, 0.1) is 0 Å². The fraction of sp³-hybridized carbons (Fsp3) is 0.375. The highest BCUT2D eigenvalue weighted by atomic mass is 127. The van der Waals surface area contributed by atoms with E-state index in [-0.39, 0.29) is 24.0 Å². The normalized spacial score (nSPS) is 17.2. The second kappa shape index (κ2) is 11.4. The first kappa shape index (κ1) is 22.6. The molecule has 0 radical (unpaired) electrons. The number of hydrogen-bond acceptors (Lipinski definition) is 3. The lowest BCUT2D eigenvalue weighted by molar-refractivity contribution is 0.172. The summed E-state index contributed by atoms with van der Waals surface area (Å²) < 4.78 is 0. The van der Waals surface area contributed by atoms with E-state index in [0.717, 1.165) is 58.3 Å². The zero-order valence-electron chi connectivity index (χ0n) is 17.7. The monoisotopic (exact) mass is 517 g/mol. The highest BCUT2D eigenvalue weighted by molar-refractivity contribution is 14.0. The minimum absolute atomic E-state index is 0. The van der Waals surface area contributed by atoms with Crippen LogP contribution in [0.15, 0.2) is 71.7 Å². The van der Waals surface area contributed by atoms with Crippen molar-refractivity contribution in [2.75, 3.05) is 51.2 Å². The van der Waals surface area contributed by atoms with Crippen molar-refractivity contribution in [3.63, 3.8) is 0 Å². The van der Waals surface area contributed by atoms with Crippen molar-refractivity contribution >= 4 is 35.6 Å². The van der Waals surface area contributed by atoms with E-state index in [0.29, 0.717) is 0 Å². The maximum Gasteiger partial charge on any atom is 0.194 e. The highest BCUT2D eigenvalue weighted by Gasteiger charge is 2.19. The maximum atomic E-state index is 4.53. The molecule has 1 saturated heterocycles. The van der Waals surface area contributed by atoms with E-state index < -0.39 is 0 Å². The van der Waals surface area contributed by atoms with Crippen LogP contribution in [0.1, 0.15) is 11.1 Å². The number of halogens is 1. The zero-order valence-corrected chi connectivity index (χ0v) is 20.0. The van der Waals surface area contributed by atoms with Crippen LogP contribution in [-0.4, -0.2) is 62.1 Å². The second-order valence-corrected chi connectivity index (χ2v) is 7.70. The third-order valence-electron chi connectivity index (χ3n) is 5.68. The molecule has 4 rings (SSSR count). The van der Waals surface area contributed by atoms with Gasteiger partial charge in [0.1, 0.15) is 0 Å². The van der Waals surface area contributed by atoms with Crippen LogP contribution in [0, 0.1) is 0 Å². The Hall–Kier alpha value is -2.06. The maximum absolute atomic E-state index is 4.53. The topological polar surface area (TPSA) is 34.1 Å². The Morgan fingerprint density at radius 1 is 0.900 bits per heavy atom. The number of guanidine groups is 1. The molecule has 2 heterocycles. The number of hydrogen-bond donors (Lipinski definition) is 1. The zero-order chi connectivity index (χ0) is 19.9. The smallest absolute Gasteiger partial charge is 0.194 e. The highest BCUT2D eigenvalue weighted by Crippen LogP contribution is 2.18. The van der Waals surface area contributed by atoms with Crippen LogP contribution in [0.4, 0.5) is 5.69 Å². The van der Waals surface area contributed by atoms with E-state index in [1.165, 1.54) is 16.8 Å². The van der Waals surface area contributed by atoms with Crippen LogP contribution in [0.5, 0.6) is 0 Å². The van der Waals surface area contributed by atoms with E-state index in [4.69, 9.17) is 0 Å². The van der Waals surface area contributed by atoms with Gasteiger partial charge in [-0.15, -0.1) is 24.0 Å². The van der Waals surface area contributed by atoms with Gasteiger partial charge in [-0.05, 0) is 23.3 Å². The van der Waals surface area contributed by atoms with Gasteiger partial charge in [-0.2, -0.15) is 0 Å². The number of anilines is 1. The molecule has 2 aromatic rings. The van der Waals surface area contributed by atoms with Crippen molar-refractivity contribution in [2.45, 2.75) is 13.1 Å². The molecular weight excluding hydrogens is 485 g/mol. The Kier molecular flexibility index (Phi) is 8.57. The van der Waals surface area contributed by atoms with Crippen LogP contribution in [0.3, 0.4) is 0 Å². The Balaban J connectivity index is 0.00000256. The molecule has 0 atom stereocenters. The molecule has 1 N–H and O–H groups in total. The van der Waals surface area contributed by atoms with Crippen molar-refractivity contribution in [2.24, 2.45) is 4.99 Å². The van der Waals surface area contributed by atoms with E-state index in [1.807, 2.05) is 7.05 Å². The molecule has 1 fully saturated rings. The van der Waals surface area contributed by atoms with Crippen molar-refractivity contribution < 1.29 is 0 Å². The number of aliphatic imine (C=N–C) groups is 1. The fourth-order valence-electron chi connectivity index (χ4n) is 4.02. The summed E-state index contributed by atoms with van der Waals surface area (Å²) in [6.07, 6.45) is 4.45. The Bertz CT molecular complexity index is 836. The molecule has 2 aromatic carbocycles.